The SMILES string of the molecule is CCOC(=O)CCSc1cnc(NC(=O)c2cc(Oc3ccc(F)c(F)c3)cc(O[C@@H](C)COC)c2)s1. The molecule has 0 saturated heterocycles. The molecule has 0 fully saturated rings. The minimum atomic E-state index is -1.06. The fourth-order valence-electron chi connectivity index (χ4n) is 3.03. The van der Waals surface area contributed by atoms with E-state index in [1.54, 1.807) is 27.2 Å². The predicted octanol–water partition coefficient (Wildman–Crippen LogP) is 5.92. The van der Waals surface area contributed by atoms with Crippen LogP contribution in [0.1, 0.15) is 30.6 Å². The highest BCUT2D eigenvalue weighted by Gasteiger charge is 2.16. The van der Waals surface area contributed by atoms with E-state index in [4.69, 9.17) is 18.9 Å². The van der Waals surface area contributed by atoms with Gasteiger partial charge in [-0.15, -0.1) is 11.8 Å². The van der Waals surface area contributed by atoms with Gasteiger partial charge < -0.3 is 18.9 Å². The number of esters is 1. The van der Waals surface area contributed by atoms with Crippen LogP contribution < -0.4 is 14.8 Å². The number of rotatable bonds is 13. The van der Waals surface area contributed by atoms with Crippen molar-refractivity contribution in [3.8, 4) is 17.2 Å². The molecule has 37 heavy (non-hydrogen) atoms. The summed E-state index contributed by atoms with van der Waals surface area (Å²) >= 11 is 2.70. The van der Waals surface area contributed by atoms with Crippen LogP contribution in [-0.2, 0) is 14.3 Å². The maximum absolute atomic E-state index is 13.6. The van der Waals surface area contributed by atoms with E-state index in [1.165, 1.54) is 47.4 Å². The highest BCUT2D eigenvalue weighted by molar-refractivity contribution is 8.01. The number of aromatic nitrogens is 1. The molecule has 12 heteroatoms. The average molecular weight is 553 g/mol. The van der Waals surface area contributed by atoms with Gasteiger partial charge in [0.05, 0.1) is 30.0 Å². The summed E-state index contributed by atoms with van der Waals surface area (Å²) in [6, 6.07) is 7.65. The fraction of sp³-hybridized carbons (Fsp3) is 0.320. The Balaban J connectivity index is 1.73. The van der Waals surface area contributed by atoms with E-state index in [-0.39, 0.29) is 35.6 Å². The third-order valence-electron chi connectivity index (χ3n) is 4.57. The first-order chi connectivity index (χ1) is 17.8. The summed E-state index contributed by atoms with van der Waals surface area (Å²) in [7, 11) is 1.54. The van der Waals surface area contributed by atoms with Crippen LogP contribution in [0.3, 0.4) is 0 Å². The maximum atomic E-state index is 13.6. The van der Waals surface area contributed by atoms with Crippen molar-refractivity contribution in [3.63, 3.8) is 0 Å². The fourth-order valence-corrected chi connectivity index (χ4v) is 4.89. The Morgan fingerprint density at radius 2 is 1.89 bits per heavy atom. The maximum Gasteiger partial charge on any atom is 0.306 e. The van der Waals surface area contributed by atoms with Gasteiger partial charge in [-0.2, -0.15) is 0 Å². The number of methoxy groups -OCH3 is 1. The molecule has 0 aliphatic heterocycles. The van der Waals surface area contributed by atoms with Crippen molar-refractivity contribution in [2.45, 2.75) is 30.6 Å². The summed E-state index contributed by atoms with van der Waals surface area (Å²) in [5, 5.41) is 3.10. The first kappa shape index (κ1) is 28.4. The molecule has 0 aliphatic carbocycles. The highest BCUT2D eigenvalue weighted by atomic mass is 32.2. The monoisotopic (exact) mass is 552 g/mol. The second-order valence-corrected chi connectivity index (χ2v) is 10.0. The lowest BCUT2D eigenvalue weighted by Gasteiger charge is -2.16. The Morgan fingerprint density at radius 1 is 1.11 bits per heavy atom. The molecular formula is C25H26F2N2O6S2. The minimum Gasteiger partial charge on any atom is -0.488 e. The number of hydrogen-bond acceptors (Lipinski definition) is 9. The molecule has 1 N–H and O–H groups in total. The molecule has 1 aromatic heterocycles. The smallest absolute Gasteiger partial charge is 0.306 e. The van der Waals surface area contributed by atoms with Gasteiger partial charge in [-0.1, -0.05) is 11.3 Å². The first-order valence-electron chi connectivity index (χ1n) is 11.3. The van der Waals surface area contributed by atoms with Crippen molar-refractivity contribution in [1.29, 1.82) is 0 Å². The molecule has 198 valence electrons. The number of thioether (sulfide) groups is 1. The van der Waals surface area contributed by atoms with Crippen LogP contribution in [0.25, 0.3) is 0 Å². The van der Waals surface area contributed by atoms with Gasteiger partial charge >= 0.3 is 5.97 Å². The molecule has 0 bridgehead atoms. The van der Waals surface area contributed by atoms with Crippen molar-refractivity contribution in [1.82, 2.24) is 4.98 Å². The van der Waals surface area contributed by atoms with E-state index < -0.39 is 17.5 Å². The third-order valence-corrected chi connectivity index (χ3v) is 6.68. The minimum absolute atomic E-state index is 0.0526. The molecule has 1 atom stereocenters. The Kier molecular flexibility index (Phi) is 10.7. The highest BCUT2D eigenvalue weighted by Crippen LogP contribution is 2.31. The number of nitrogens with zero attached hydrogens (tertiary/aromatic N) is 1. The molecule has 0 radical (unpaired) electrons. The number of nitrogens with one attached hydrogen (secondary N) is 1. The predicted molar refractivity (Wildman–Crippen MR) is 137 cm³/mol. The van der Waals surface area contributed by atoms with Gasteiger partial charge in [-0.3, -0.25) is 14.9 Å². The molecular weight excluding hydrogens is 526 g/mol. The molecule has 8 nitrogen and oxygen atoms in total. The Hall–Kier alpha value is -3.22. The zero-order valence-corrected chi connectivity index (χ0v) is 22.0. The second-order valence-electron chi connectivity index (χ2n) is 7.60. The summed E-state index contributed by atoms with van der Waals surface area (Å²) in [5.41, 5.74) is 0.200. The molecule has 0 aliphatic rings. The third kappa shape index (κ3) is 8.99. The van der Waals surface area contributed by atoms with E-state index in [1.807, 2.05) is 0 Å². The van der Waals surface area contributed by atoms with Gasteiger partial charge in [0.25, 0.3) is 5.91 Å². The van der Waals surface area contributed by atoms with Crippen LogP contribution in [0.4, 0.5) is 13.9 Å². The Morgan fingerprint density at radius 3 is 2.62 bits per heavy atom. The van der Waals surface area contributed by atoms with Crippen molar-refractivity contribution >= 4 is 40.1 Å². The standard InChI is InChI=1S/C25H26F2N2O6S2/c1-4-33-22(30)7-8-36-23-13-28-25(37-23)29-24(31)16-9-18(34-15(2)14-32-3)11-19(10-16)35-17-5-6-20(26)21(27)12-17/h5-6,9-13,15H,4,7-8,14H2,1-3H3,(H,28,29,31)/t15-/m0/s1. The van der Waals surface area contributed by atoms with Gasteiger partial charge in [-0.25, -0.2) is 13.8 Å². The number of benzene rings is 2. The van der Waals surface area contributed by atoms with Crippen LogP contribution >= 0.6 is 23.1 Å². The van der Waals surface area contributed by atoms with E-state index >= 15 is 0 Å². The molecule has 0 unspecified atom stereocenters. The summed E-state index contributed by atoms with van der Waals surface area (Å²) in [6.45, 7) is 4.20. The lowest BCUT2D eigenvalue weighted by Crippen LogP contribution is -2.18. The van der Waals surface area contributed by atoms with Gasteiger partial charge in [-0.05, 0) is 38.1 Å². The van der Waals surface area contributed by atoms with Gasteiger partial charge in [0.2, 0.25) is 0 Å². The second kappa shape index (κ2) is 13.9. The number of carbonyl (C=O) groups is 2. The number of thiazole rings is 1. The molecule has 0 saturated carbocycles. The normalized spacial score (nSPS) is 11.6. The van der Waals surface area contributed by atoms with Crippen LogP contribution in [0.5, 0.6) is 17.2 Å². The summed E-state index contributed by atoms with van der Waals surface area (Å²) < 4.78 is 49.2. The number of hydrogen-bond donors (Lipinski definition) is 1. The van der Waals surface area contributed by atoms with E-state index in [0.29, 0.717) is 29.8 Å². The number of ether oxygens (including phenoxy) is 4. The topological polar surface area (TPSA) is 96.0 Å². The largest absolute Gasteiger partial charge is 0.488 e. The van der Waals surface area contributed by atoms with E-state index in [2.05, 4.69) is 10.3 Å². The zero-order chi connectivity index (χ0) is 26.8. The summed E-state index contributed by atoms with van der Waals surface area (Å²) in [5.74, 6) is -1.71. The van der Waals surface area contributed by atoms with E-state index in [0.717, 1.165) is 16.3 Å². The Labute approximate surface area is 221 Å². The van der Waals surface area contributed by atoms with Gasteiger partial charge in [0.15, 0.2) is 16.8 Å². The van der Waals surface area contributed by atoms with Crippen molar-refractivity contribution < 1.29 is 37.3 Å². The Bertz CT molecular complexity index is 1220. The summed E-state index contributed by atoms with van der Waals surface area (Å²) in [6.07, 6.45) is 1.56. The van der Waals surface area contributed by atoms with Crippen molar-refractivity contribution in [3.05, 3.63) is 59.8 Å². The van der Waals surface area contributed by atoms with Crippen LogP contribution in [0, 0.1) is 11.6 Å². The molecule has 2 aromatic carbocycles. The summed E-state index contributed by atoms with van der Waals surface area (Å²) in [4.78, 5) is 28.7. The number of amides is 1. The molecule has 3 rings (SSSR count). The van der Waals surface area contributed by atoms with Gasteiger partial charge in [0.1, 0.15) is 23.4 Å². The van der Waals surface area contributed by atoms with Crippen LogP contribution in [0.2, 0.25) is 0 Å². The van der Waals surface area contributed by atoms with Crippen LogP contribution in [-0.4, -0.2) is 49.0 Å². The first-order valence-corrected chi connectivity index (χ1v) is 13.1. The molecule has 1 heterocycles. The molecule has 1 amide bonds. The number of anilines is 1. The lowest BCUT2D eigenvalue weighted by molar-refractivity contribution is -0.142. The quantitative estimate of drug-likeness (QED) is 0.206. The molecule has 3 aromatic rings. The van der Waals surface area contributed by atoms with Crippen molar-refractivity contribution in [2.75, 3.05) is 31.4 Å². The van der Waals surface area contributed by atoms with Gasteiger partial charge in [0, 0.05) is 30.6 Å². The van der Waals surface area contributed by atoms with Crippen molar-refractivity contribution in [2.24, 2.45) is 0 Å². The average Bonchev–Trinajstić information content (AvgIpc) is 3.28. The molecule has 0 spiro atoms. The van der Waals surface area contributed by atoms with E-state index in [9.17, 15) is 18.4 Å². The number of halogens is 2. The van der Waals surface area contributed by atoms with Crippen LogP contribution in [0.15, 0.2) is 46.8 Å². The zero-order valence-electron chi connectivity index (χ0n) is 20.4. The lowest BCUT2D eigenvalue weighted by atomic mass is 10.2. The number of carbonyl (C=O) groups excluding carboxylic acids is 2.